The lowest BCUT2D eigenvalue weighted by Crippen LogP contribution is -1.98. The number of benzene rings is 2. The largest absolute Gasteiger partial charge is 0.493 e. The Kier molecular flexibility index (Phi) is 4.66. The summed E-state index contributed by atoms with van der Waals surface area (Å²) in [5, 5.41) is 0. The van der Waals surface area contributed by atoms with Gasteiger partial charge in [0.2, 0.25) is 0 Å². The zero-order valence-electron chi connectivity index (χ0n) is 11.8. The van der Waals surface area contributed by atoms with Crippen LogP contribution in [0.25, 0.3) is 5.57 Å². The van der Waals surface area contributed by atoms with Crippen LogP contribution in [0.1, 0.15) is 18.1 Å². The Bertz CT molecular complexity index is 591. The zero-order chi connectivity index (χ0) is 14.4. The molecule has 2 rings (SSSR count). The molecule has 3 nitrogen and oxygen atoms in total. The van der Waals surface area contributed by atoms with Crippen LogP contribution < -0.4 is 15.2 Å². The lowest BCUT2D eigenvalue weighted by atomic mass is 9.98. The number of hydrogen-bond acceptors (Lipinski definition) is 3. The Morgan fingerprint density at radius 3 is 2.40 bits per heavy atom. The summed E-state index contributed by atoms with van der Waals surface area (Å²) in [6.45, 7) is 2.54. The van der Waals surface area contributed by atoms with Crippen molar-refractivity contribution in [3.8, 4) is 11.5 Å². The predicted molar refractivity (Wildman–Crippen MR) is 81.9 cm³/mol. The standard InChI is InChI=1S/C17H19NO2/c1-3-20-17-11-14(9-10-16(17)19-2)15(12-18)13-7-5-4-6-8-13/h4-12H,3,18H2,1-2H3. The normalized spacial score (nSPS) is 11.2. The summed E-state index contributed by atoms with van der Waals surface area (Å²) >= 11 is 0. The lowest BCUT2D eigenvalue weighted by molar-refractivity contribution is 0.311. The number of ether oxygens (including phenoxy) is 2. The van der Waals surface area contributed by atoms with E-state index in [2.05, 4.69) is 0 Å². The number of hydrogen-bond donors (Lipinski definition) is 1. The Morgan fingerprint density at radius 1 is 1.05 bits per heavy atom. The van der Waals surface area contributed by atoms with Gasteiger partial charge in [-0.3, -0.25) is 0 Å². The molecule has 0 aromatic heterocycles. The fraction of sp³-hybridized carbons (Fsp3) is 0.176. The summed E-state index contributed by atoms with van der Waals surface area (Å²) < 4.78 is 10.9. The van der Waals surface area contributed by atoms with Gasteiger partial charge in [-0.15, -0.1) is 0 Å². The van der Waals surface area contributed by atoms with Crippen molar-refractivity contribution in [3.63, 3.8) is 0 Å². The highest BCUT2D eigenvalue weighted by molar-refractivity contribution is 5.80. The van der Waals surface area contributed by atoms with Crippen LogP contribution >= 0.6 is 0 Å². The molecule has 0 aliphatic carbocycles. The number of nitrogens with two attached hydrogens (primary N) is 1. The van der Waals surface area contributed by atoms with Crippen molar-refractivity contribution < 1.29 is 9.47 Å². The second kappa shape index (κ2) is 6.66. The second-order valence-corrected chi connectivity index (χ2v) is 4.25. The molecule has 0 unspecified atom stereocenters. The van der Waals surface area contributed by atoms with E-state index in [1.54, 1.807) is 13.3 Å². The zero-order valence-corrected chi connectivity index (χ0v) is 11.8. The Labute approximate surface area is 119 Å². The number of methoxy groups -OCH3 is 1. The summed E-state index contributed by atoms with van der Waals surface area (Å²) in [5.41, 5.74) is 8.84. The van der Waals surface area contributed by atoms with E-state index in [-0.39, 0.29) is 0 Å². The summed E-state index contributed by atoms with van der Waals surface area (Å²) in [6.07, 6.45) is 1.62. The molecule has 0 aliphatic heterocycles. The van der Waals surface area contributed by atoms with E-state index in [9.17, 15) is 0 Å². The molecule has 2 aromatic rings. The van der Waals surface area contributed by atoms with Crippen LogP contribution in [0.4, 0.5) is 0 Å². The van der Waals surface area contributed by atoms with Gasteiger partial charge in [0.05, 0.1) is 13.7 Å². The van der Waals surface area contributed by atoms with Crippen molar-refractivity contribution in [2.45, 2.75) is 6.92 Å². The predicted octanol–water partition coefficient (Wildman–Crippen LogP) is 3.44. The molecule has 0 saturated carbocycles. The third kappa shape index (κ3) is 2.94. The topological polar surface area (TPSA) is 44.5 Å². The smallest absolute Gasteiger partial charge is 0.161 e. The van der Waals surface area contributed by atoms with E-state index in [0.29, 0.717) is 6.61 Å². The van der Waals surface area contributed by atoms with Crippen molar-refractivity contribution in [2.75, 3.05) is 13.7 Å². The van der Waals surface area contributed by atoms with E-state index >= 15 is 0 Å². The van der Waals surface area contributed by atoms with Crippen LogP contribution in [0.3, 0.4) is 0 Å². The Balaban J connectivity index is 2.43. The second-order valence-electron chi connectivity index (χ2n) is 4.25. The van der Waals surface area contributed by atoms with Crippen LogP contribution in [-0.2, 0) is 0 Å². The Morgan fingerprint density at radius 2 is 1.80 bits per heavy atom. The van der Waals surface area contributed by atoms with Crippen LogP contribution in [0.5, 0.6) is 11.5 Å². The molecule has 0 amide bonds. The first-order valence-electron chi connectivity index (χ1n) is 6.58. The first kappa shape index (κ1) is 14.0. The minimum atomic E-state index is 0.590. The monoisotopic (exact) mass is 269 g/mol. The fourth-order valence-corrected chi connectivity index (χ4v) is 2.09. The first-order chi connectivity index (χ1) is 9.80. The van der Waals surface area contributed by atoms with Crippen molar-refractivity contribution in [3.05, 3.63) is 65.9 Å². The van der Waals surface area contributed by atoms with Crippen LogP contribution in [0.15, 0.2) is 54.7 Å². The van der Waals surface area contributed by atoms with Gasteiger partial charge in [-0.2, -0.15) is 0 Å². The van der Waals surface area contributed by atoms with Crippen LogP contribution in [-0.4, -0.2) is 13.7 Å². The molecule has 0 aliphatic rings. The van der Waals surface area contributed by atoms with E-state index < -0.39 is 0 Å². The van der Waals surface area contributed by atoms with E-state index in [1.165, 1.54) is 0 Å². The summed E-state index contributed by atoms with van der Waals surface area (Å²) in [4.78, 5) is 0. The average Bonchev–Trinajstić information content (AvgIpc) is 2.50. The van der Waals surface area contributed by atoms with Gasteiger partial charge in [-0.05, 0) is 30.2 Å². The molecular formula is C17H19NO2. The summed E-state index contributed by atoms with van der Waals surface area (Å²) in [7, 11) is 1.63. The molecule has 2 N–H and O–H groups in total. The van der Waals surface area contributed by atoms with Gasteiger partial charge < -0.3 is 15.2 Å². The molecule has 0 saturated heterocycles. The molecule has 0 radical (unpaired) electrons. The van der Waals surface area contributed by atoms with Gasteiger partial charge in [-0.1, -0.05) is 36.4 Å². The lowest BCUT2D eigenvalue weighted by Gasteiger charge is -2.13. The maximum atomic E-state index is 5.80. The van der Waals surface area contributed by atoms with E-state index in [1.807, 2.05) is 55.5 Å². The fourth-order valence-electron chi connectivity index (χ4n) is 2.09. The molecule has 0 spiro atoms. The molecule has 20 heavy (non-hydrogen) atoms. The van der Waals surface area contributed by atoms with Gasteiger partial charge in [0.1, 0.15) is 0 Å². The van der Waals surface area contributed by atoms with Gasteiger partial charge in [0, 0.05) is 11.8 Å². The van der Waals surface area contributed by atoms with Crippen LogP contribution in [0, 0.1) is 0 Å². The average molecular weight is 269 g/mol. The highest BCUT2D eigenvalue weighted by atomic mass is 16.5. The van der Waals surface area contributed by atoms with Crippen molar-refractivity contribution in [2.24, 2.45) is 5.73 Å². The molecule has 3 heteroatoms. The molecule has 0 heterocycles. The highest BCUT2D eigenvalue weighted by Crippen LogP contribution is 2.32. The third-order valence-electron chi connectivity index (χ3n) is 3.03. The van der Waals surface area contributed by atoms with Crippen molar-refractivity contribution in [1.29, 1.82) is 0 Å². The molecule has 0 fully saturated rings. The molecular weight excluding hydrogens is 250 g/mol. The van der Waals surface area contributed by atoms with E-state index in [0.717, 1.165) is 28.2 Å². The quantitative estimate of drug-likeness (QED) is 0.904. The van der Waals surface area contributed by atoms with Crippen molar-refractivity contribution in [1.82, 2.24) is 0 Å². The molecule has 2 aromatic carbocycles. The maximum Gasteiger partial charge on any atom is 0.161 e. The van der Waals surface area contributed by atoms with Gasteiger partial charge >= 0.3 is 0 Å². The van der Waals surface area contributed by atoms with Gasteiger partial charge in [-0.25, -0.2) is 0 Å². The minimum Gasteiger partial charge on any atom is -0.493 e. The van der Waals surface area contributed by atoms with E-state index in [4.69, 9.17) is 15.2 Å². The third-order valence-corrected chi connectivity index (χ3v) is 3.03. The maximum absolute atomic E-state index is 5.80. The molecule has 0 bridgehead atoms. The summed E-state index contributed by atoms with van der Waals surface area (Å²) in [5.74, 6) is 1.45. The summed E-state index contributed by atoms with van der Waals surface area (Å²) in [6, 6.07) is 15.9. The SMILES string of the molecule is CCOc1cc(C(=CN)c2ccccc2)ccc1OC. The highest BCUT2D eigenvalue weighted by Gasteiger charge is 2.09. The molecule has 0 atom stereocenters. The number of rotatable bonds is 5. The van der Waals surface area contributed by atoms with Gasteiger partial charge in [0.25, 0.3) is 0 Å². The Hall–Kier alpha value is -2.42. The van der Waals surface area contributed by atoms with Gasteiger partial charge in [0.15, 0.2) is 11.5 Å². The van der Waals surface area contributed by atoms with Crippen LogP contribution in [0.2, 0.25) is 0 Å². The minimum absolute atomic E-state index is 0.590. The molecule has 104 valence electrons. The first-order valence-corrected chi connectivity index (χ1v) is 6.58. The van der Waals surface area contributed by atoms with Crippen molar-refractivity contribution >= 4 is 5.57 Å².